The molecule has 1 saturated heterocycles. The minimum absolute atomic E-state index is 0.126. The summed E-state index contributed by atoms with van der Waals surface area (Å²) < 4.78 is 0. The predicted octanol–water partition coefficient (Wildman–Crippen LogP) is 2.50. The summed E-state index contributed by atoms with van der Waals surface area (Å²) in [7, 11) is 4.30. The molecule has 21 heavy (non-hydrogen) atoms. The Balaban J connectivity index is 2.15. The van der Waals surface area contributed by atoms with Gasteiger partial charge in [0.1, 0.15) is 5.82 Å². The average Bonchev–Trinajstić information content (AvgIpc) is 2.83. The van der Waals surface area contributed by atoms with Crippen molar-refractivity contribution < 1.29 is 0 Å². The summed E-state index contributed by atoms with van der Waals surface area (Å²) in [5.41, 5.74) is 1.43. The molecule has 4 heteroatoms. The highest BCUT2D eigenvalue weighted by atomic mass is 15.3. The number of anilines is 1. The fourth-order valence-electron chi connectivity index (χ4n) is 2.91. The summed E-state index contributed by atoms with van der Waals surface area (Å²) in [6, 6.07) is 4.83. The molecule has 2 rings (SSSR count). The number of hydrogen-bond donors (Lipinski definition) is 1. The molecule has 1 N–H and O–H groups in total. The van der Waals surface area contributed by atoms with Gasteiger partial charge in [0.15, 0.2) is 0 Å². The van der Waals surface area contributed by atoms with E-state index in [-0.39, 0.29) is 5.54 Å². The Kier molecular flexibility index (Phi) is 5.22. The topological polar surface area (TPSA) is 31.4 Å². The molecule has 4 nitrogen and oxygen atoms in total. The molecule has 0 aromatic carbocycles. The average molecular weight is 290 g/mol. The highest BCUT2D eigenvalue weighted by Crippen LogP contribution is 2.27. The van der Waals surface area contributed by atoms with Crippen molar-refractivity contribution in [3.8, 4) is 0 Å². The second-order valence-electron chi connectivity index (χ2n) is 7.34. The van der Waals surface area contributed by atoms with Crippen LogP contribution in [0, 0.1) is 0 Å². The fourth-order valence-corrected chi connectivity index (χ4v) is 2.91. The second kappa shape index (κ2) is 6.75. The fraction of sp³-hybridized carbons (Fsp3) is 0.706. The Bertz CT molecular complexity index is 450. The predicted molar refractivity (Wildman–Crippen MR) is 89.8 cm³/mol. The lowest BCUT2D eigenvalue weighted by Gasteiger charge is -2.30. The first-order valence-corrected chi connectivity index (χ1v) is 7.97. The Morgan fingerprint density at radius 3 is 2.81 bits per heavy atom. The Labute approximate surface area is 129 Å². The van der Waals surface area contributed by atoms with Crippen molar-refractivity contribution >= 4 is 5.82 Å². The molecule has 0 saturated carbocycles. The van der Waals surface area contributed by atoms with Crippen LogP contribution in [0.1, 0.15) is 39.2 Å². The first-order chi connectivity index (χ1) is 9.87. The van der Waals surface area contributed by atoms with E-state index in [9.17, 15) is 0 Å². The Morgan fingerprint density at radius 2 is 2.14 bits per heavy atom. The maximum atomic E-state index is 4.69. The van der Waals surface area contributed by atoms with Crippen LogP contribution in [0.15, 0.2) is 18.3 Å². The van der Waals surface area contributed by atoms with Crippen molar-refractivity contribution in [2.75, 3.05) is 32.1 Å². The van der Waals surface area contributed by atoms with Crippen LogP contribution in [0.2, 0.25) is 0 Å². The standard InChI is InChI=1S/C17H30N4/c1-17(2,3)19-12-14-8-6-10-18-16(14)21-11-7-9-15(21)13-20(4)5/h6,8,10,15,19H,7,9,11-13H2,1-5H3. The van der Waals surface area contributed by atoms with Crippen LogP contribution in [0.3, 0.4) is 0 Å². The summed E-state index contributed by atoms with van der Waals surface area (Å²) in [6.07, 6.45) is 4.45. The molecular formula is C17H30N4. The van der Waals surface area contributed by atoms with E-state index in [4.69, 9.17) is 0 Å². The zero-order valence-corrected chi connectivity index (χ0v) is 14.2. The van der Waals surface area contributed by atoms with Crippen LogP contribution in [-0.2, 0) is 6.54 Å². The van der Waals surface area contributed by atoms with E-state index in [1.165, 1.54) is 24.2 Å². The summed E-state index contributed by atoms with van der Waals surface area (Å²) in [5.74, 6) is 1.17. The molecule has 1 aromatic heterocycles. The molecule has 1 aromatic rings. The molecule has 0 bridgehead atoms. The molecule has 1 aliphatic heterocycles. The van der Waals surface area contributed by atoms with Gasteiger partial charge in [-0.15, -0.1) is 0 Å². The van der Waals surface area contributed by atoms with Gasteiger partial charge in [-0.1, -0.05) is 6.07 Å². The molecule has 0 amide bonds. The van der Waals surface area contributed by atoms with Gasteiger partial charge in [-0.3, -0.25) is 0 Å². The number of rotatable bonds is 5. The van der Waals surface area contributed by atoms with E-state index < -0.39 is 0 Å². The number of nitrogens with zero attached hydrogens (tertiary/aromatic N) is 3. The van der Waals surface area contributed by atoms with E-state index in [0.29, 0.717) is 6.04 Å². The lowest BCUT2D eigenvalue weighted by Crippen LogP contribution is -2.39. The summed E-state index contributed by atoms with van der Waals surface area (Å²) >= 11 is 0. The molecule has 0 radical (unpaired) electrons. The van der Waals surface area contributed by atoms with E-state index in [2.05, 4.69) is 61.0 Å². The number of nitrogens with one attached hydrogen (secondary N) is 1. The monoisotopic (exact) mass is 290 g/mol. The highest BCUT2D eigenvalue weighted by Gasteiger charge is 2.27. The maximum absolute atomic E-state index is 4.69. The normalized spacial score (nSPS) is 19.5. The van der Waals surface area contributed by atoms with Crippen molar-refractivity contribution in [2.45, 2.75) is 51.7 Å². The van der Waals surface area contributed by atoms with Crippen molar-refractivity contribution in [3.63, 3.8) is 0 Å². The highest BCUT2D eigenvalue weighted by molar-refractivity contribution is 5.48. The van der Waals surface area contributed by atoms with Crippen LogP contribution < -0.4 is 10.2 Å². The zero-order valence-electron chi connectivity index (χ0n) is 14.2. The Morgan fingerprint density at radius 1 is 1.38 bits per heavy atom. The number of pyridine rings is 1. The van der Waals surface area contributed by atoms with Crippen molar-refractivity contribution in [2.24, 2.45) is 0 Å². The largest absolute Gasteiger partial charge is 0.352 e. The van der Waals surface area contributed by atoms with Gasteiger partial charge >= 0.3 is 0 Å². The van der Waals surface area contributed by atoms with E-state index >= 15 is 0 Å². The molecule has 1 aliphatic rings. The lowest BCUT2D eigenvalue weighted by atomic mass is 10.1. The number of hydrogen-bond acceptors (Lipinski definition) is 4. The summed E-state index contributed by atoms with van der Waals surface area (Å²) in [5, 5.41) is 3.58. The van der Waals surface area contributed by atoms with Gasteiger partial charge in [-0.05, 0) is 53.8 Å². The first-order valence-electron chi connectivity index (χ1n) is 7.97. The van der Waals surface area contributed by atoms with Crippen molar-refractivity contribution in [1.29, 1.82) is 0 Å². The summed E-state index contributed by atoms with van der Waals surface area (Å²) in [6.45, 7) is 9.70. The van der Waals surface area contributed by atoms with Crippen molar-refractivity contribution in [3.05, 3.63) is 23.9 Å². The van der Waals surface area contributed by atoms with Gasteiger partial charge in [-0.25, -0.2) is 4.98 Å². The third-order valence-corrected chi connectivity index (χ3v) is 3.90. The number of aromatic nitrogens is 1. The quantitative estimate of drug-likeness (QED) is 0.903. The van der Waals surface area contributed by atoms with Gasteiger partial charge in [0.2, 0.25) is 0 Å². The molecule has 1 atom stereocenters. The van der Waals surface area contributed by atoms with Gasteiger partial charge in [-0.2, -0.15) is 0 Å². The summed E-state index contributed by atoms with van der Waals surface area (Å²) in [4.78, 5) is 9.46. The molecule has 1 unspecified atom stereocenters. The molecule has 1 fully saturated rings. The van der Waals surface area contributed by atoms with Gasteiger partial charge in [0.25, 0.3) is 0 Å². The van der Waals surface area contributed by atoms with Crippen molar-refractivity contribution in [1.82, 2.24) is 15.2 Å². The number of likely N-dealkylation sites (N-methyl/N-ethyl adjacent to an activating group) is 1. The van der Waals surface area contributed by atoms with Crippen LogP contribution in [-0.4, -0.2) is 48.6 Å². The van der Waals surface area contributed by atoms with Crippen LogP contribution in [0.4, 0.5) is 5.82 Å². The molecule has 0 aliphatic carbocycles. The van der Waals surface area contributed by atoms with E-state index in [1.807, 2.05) is 12.3 Å². The molecule has 2 heterocycles. The Hall–Kier alpha value is -1.13. The first kappa shape index (κ1) is 16.2. The van der Waals surface area contributed by atoms with Gasteiger partial charge in [0, 0.05) is 43.0 Å². The third kappa shape index (κ3) is 4.68. The van der Waals surface area contributed by atoms with Gasteiger partial charge < -0.3 is 15.1 Å². The second-order valence-corrected chi connectivity index (χ2v) is 7.34. The van der Waals surface area contributed by atoms with Crippen LogP contribution >= 0.6 is 0 Å². The molecule has 0 spiro atoms. The minimum Gasteiger partial charge on any atom is -0.352 e. The van der Waals surface area contributed by atoms with Crippen LogP contribution in [0.5, 0.6) is 0 Å². The SMILES string of the molecule is CN(C)CC1CCCN1c1ncccc1CNC(C)(C)C. The van der Waals surface area contributed by atoms with Crippen LogP contribution in [0.25, 0.3) is 0 Å². The molecule has 118 valence electrons. The zero-order chi connectivity index (χ0) is 15.5. The lowest BCUT2D eigenvalue weighted by molar-refractivity contribution is 0.371. The van der Waals surface area contributed by atoms with E-state index in [0.717, 1.165) is 19.6 Å². The third-order valence-electron chi connectivity index (χ3n) is 3.90. The molecular weight excluding hydrogens is 260 g/mol. The maximum Gasteiger partial charge on any atom is 0.133 e. The van der Waals surface area contributed by atoms with Gasteiger partial charge in [0.05, 0.1) is 0 Å². The minimum atomic E-state index is 0.126. The van der Waals surface area contributed by atoms with E-state index in [1.54, 1.807) is 0 Å². The smallest absolute Gasteiger partial charge is 0.133 e.